The molecule has 1 fully saturated rings. The average molecular weight is 452 g/mol. The largest absolute Gasteiger partial charge is 0.481 e. The maximum Gasteiger partial charge on any atom is 0.331 e. The fraction of sp³-hybridized carbons (Fsp3) is 0.450. The van der Waals surface area contributed by atoms with Gasteiger partial charge in [0.2, 0.25) is 12.2 Å². The van der Waals surface area contributed by atoms with Crippen LogP contribution in [0.15, 0.2) is 30.5 Å². The molecule has 7 N–H and O–H groups in total. The van der Waals surface area contributed by atoms with Crippen LogP contribution in [0.3, 0.4) is 0 Å². The molecule has 174 valence electrons. The predicted octanol–water partition coefficient (Wildman–Crippen LogP) is -1.99. The van der Waals surface area contributed by atoms with Crippen molar-refractivity contribution in [2.75, 3.05) is 6.61 Å². The number of aliphatic hydroxyl groups excluding tert-OH is 4. The Morgan fingerprint density at radius 2 is 1.84 bits per heavy atom. The van der Waals surface area contributed by atoms with E-state index in [9.17, 15) is 34.8 Å². The van der Waals surface area contributed by atoms with E-state index in [1.54, 1.807) is 18.3 Å². The molecule has 2 heterocycles. The molecule has 0 bridgehead atoms. The van der Waals surface area contributed by atoms with Crippen LogP contribution in [0.2, 0.25) is 0 Å². The number of aliphatic hydroxyl groups is 4. The maximum atomic E-state index is 12.5. The Balaban J connectivity index is 1.68. The number of hydrogen-bond acceptors (Lipinski definition) is 9. The van der Waals surface area contributed by atoms with Crippen molar-refractivity contribution in [3.05, 3.63) is 36.0 Å². The number of fused-ring (bicyclic) bond motifs is 1. The number of carbonyl (C=O) groups excluding carboxylic acids is 2. The number of para-hydroxylation sites is 1. The Hall–Kier alpha value is -3.03. The van der Waals surface area contributed by atoms with E-state index in [-0.39, 0.29) is 6.42 Å². The number of ether oxygens (including phenoxy) is 2. The topological polar surface area (TPSA) is 199 Å². The van der Waals surface area contributed by atoms with Crippen LogP contribution in [0.5, 0.6) is 0 Å². The van der Waals surface area contributed by atoms with E-state index >= 15 is 0 Å². The van der Waals surface area contributed by atoms with E-state index in [0.717, 1.165) is 10.9 Å². The minimum Gasteiger partial charge on any atom is -0.481 e. The Morgan fingerprint density at radius 3 is 2.53 bits per heavy atom. The number of carboxylic acid groups (broad SMARTS) is 1. The number of amides is 1. The monoisotopic (exact) mass is 452 g/mol. The highest BCUT2D eigenvalue weighted by Gasteiger charge is 2.46. The van der Waals surface area contributed by atoms with Gasteiger partial charge in [-0.15, -0.1) is 0 Å². The Morgan fingerprint density at radius 1 is 1.12 bits per heavy atom. The number of carboxylic acids is 1. The first-order valence-corrected chi connectivity index (χ1v) is 9.78. The molecule has 1 amide bonds. The Labute approximate surface area is 181 Å². The third-order valence-corrected chi connectivity index (χ3v) is 5.11. The summed E-state index contributed by atoms with van der Waals surface area (Å²) in [6.45, 7) is -0.737. The summed E-state index contributed by atoms with van der Waals surface area (Å²) in [6, 6.07) is 5.62. The number of benzene rings is 1. The summed E-state index contributed by atoms with van der Waals surface area (Å²) in [5.41, 5.74) is 1.44. The van der Waals surface area contributed by atoms with Gasteiger partial charge in [-0.25, -0.2) is 4.79 Å². The summed E-state index contributed by atoms with van der Waals surface area (Å²) in [7, 11) is 0. The molecule has 1 aliphatic heterocycles. The first kappa shape index (κ1) is 23.6. The van der Waals surface area contributed by atoms with E-state index in [4.69, 9.17) is 14.6 Å². The molecule has 1 aliphatic rings. The highest BCUT2D eigenvalue weighted by Crippen LogP contribution is 2.23. The van der Waals surface area contributed by atoms with E-state index < -0.39 is 67.6 Å². The smallest absolute Gasteiger partial charge is 0.331 e. The molecule has 0 aliphatic carbocycles. The van der Waals surface area contributed by atoms with Gasteiger partial charge >= 0.3 is 11.9 Å². The average Bonchev–Trinajstić information content (AvgIpc) is 3.16. The van der Waals surface area contributed by atoms with Crippen molar-refractivity contribution >= 4 is 28.7 Å². The lowest BCUT2D eigenvalue weighted by molar-refractivity contribution is -0.293. The number of aromatic amines is 1. The van der Waals surface area contributed by atoms with Crippen LogP contribution in [0.4, 0.5) is 0 Å². The molecule has 6 atom stereocenters. The van der Waals surface area contributed by atoms with Crippen molar-refractivity contribution in [3.8, 4) is 0 Å². The highest BCUT2D eigenvalue weighted by atomic mass is 16.7. The van der Waals surface area contributed by atoms with Crippen LogP contribution in [-0.2, 0) is 30.3 Å². The second-order valence-corrected chi connectivity index (χ2v) is 7.39. The molecular weight excluding hydrogens is 428 g/mol. The lowest BCUT2D eigenvalue weighted by atomic mass is 9.99. The van der Waals surface area contributed by atoms with Crippen LogP contribution < -0.4 is 5.32 Å². The third-order valence-electron chi connectivity index (χ3n) is 5.11. The second-order valence-electron chi connectivity index (χ2n) is 7.39. The maximum absolute atomic E-state index is 12.5. The van der Waals surface area contributed by atoms with E-state index in [1.807, 2.05) is 12.1 Å². The number of carbonyl (C=O) groups is 3. The van der Waals surface area contributed by atoms with Crippen molar-refractivity contribution in [1.29, 1.82) is 0 Å². The molecular formula is C20H24N2O10. The first-order valence-electron chi connectivity index (χ1n) is 9.78. The van der Waals surface area contributed by atoms with Crippen LogP contribution >= 0.6 is 0 Å². The van der Waals surface area contributed by atoms with Gasteiger partial charge in [0.15, 0.2) is 0 Å². The minimum atomic E-state index is -1.86. The summed E-state index contributed by atoms with van der Waals surface area (Å²) < 4.78 is 10.0. The van der Waals surface area contributed by atoms with Gasteiger partial charge in [-0.3, -0.25) is 9.59 Å². The standard InChI is InChI=1S/C20H24N2O10/c23-8-13-16(27)17(28)18(29)20(31-13)32-19(30)12(6-15(25)26)22-14(24)5-9-7-21-11-4-2-1-3-10(9)11/h1-4,7,12-13,16-18,20-21,23,27-29H,5-6,8H2,(H,22,24)(H,25,26)/t12?,13-,16-,17+,18-,20?/m1/s1. The molecule has 1 aromatic heterocycles. The fourth-order valence-electron chi connectivity index (χ4n) is 3.43. The van der Waals surface area contributed by atoms with Gasteiger partial charge in [-0.2, -0.15) is 0 Å². The molecule has 0 spiro atoms. The summed E-state index contributed by atoms with van der Waals surface area (Å²) in [4.78, 5) is 39.2. The zero-order valence-electron chi connectivity index (χ0n) is 16.7. The molecule has 1 saturated heterocycles. The van der Waals surface area contributed by atoms with Crippen LogP contribution in [0.25, 0.3) is 10.9 Å². The molecule has 32 heavy (non-hydrogen) atoms. The third kappa shape index (κ3) is 5.23. The second kappa shape index (κ2) is 10.1. The highest BCUT2D eigenvalue weighted by molar-refractivity contribution is 5.92. The molecule has 1 aromatic carbocycles. The molecule has 12 heteroatoms. The van der Waals surface area contributed by atoms with Gasteiger partial charge in [0.1, 0.15) is 30.5 Å². The van der Waals surface area contributed by atoms with Crippen LogP contribution in [0, 0.1) is 0 Å². The zero-order valence-corrected chi connectivity index (χ0v) is 16.7. The van der Waals surface area contributed by atoms with Crippen LogP contribution in [-0.4, -0.2) is 91.7 Å². The van der Waals surface area contributed by atoms with Gasteiger partial charge in [0, 0.05) is 17.1 Å². The normalized spacial score (nSPS) is 26.4. The summed E-state index contributed by atoms with van der Waals surface area (Å²) in [5, 5.41) is 51.0. The molecule has 0 saturated carbocycles. The van der Waals surface area contributed by atoms with Gasteiger partial charge in [-0.1, -0.05) is 18.2 Å². The lowest BCUT2D eigenvalue weighted by Gasteiger charge is -2.39. The molecule has 12 nitrogen and oxygen atoms in total. The number of esters is 1. The van der Waals surface area contributed by atoms with Gasteiger partial charge in [-0.05, 0) is 11.6 Å². The van der Waals surface area contributed by atoms with Crippen molar-refractivity contribution in [2.45, 2.75) is 49.6 Å². The molecule has 2 unspecified atom stereocenters. The van der Waals surface area contributed by atoms with Crippen molar-refractivity contribution in [2.24, 2.45) is 0 Å². The molecule has 0 radical (unpaired) electrons. The Bertz CT molecular complexity index is 974. The number of nitrogens with one attached hydrogen (secondary N) is 2. The molecule has 2 aromatic rings. The number of rotatable bonds is 8. The van der Waals surface area contributed by atoms with Gasteiger partial charge in [0.05, 0.1) is 19.4 Å². The lowest BCUT2D eigenvalue weighted by Crippen LogP contribution is -2.60. The fourth-order valence-corrected chi connectivity index (χ4v) is 3.43. The minimum absolute atomic E-state index is 0.145. The Kier molecular flexibility index (Phi) is 7.43. The number of aliphatic carboxylic acids is 1. The van der Waals surface area contributed by atoms with Crippen molar-refractivity contribution in [3.63, 3.8) is 0 Å². The summed E-state index contributed by atoms with van der Waals surface area (Å²) >= 11 is 0. The van der Waals surface area contributed by atoms with E-state index in [1.165, 1.54) is 0 Å². The SMILES string of the molecule is O=C(O)CC(NC(=O)Cc1c[nH]c2ccccc12)C(=O)OC1O[C@H](CO)[C@@H](O)[C@H](O)[C@H]1O. The first-order chi connectivity index (χ1) is 15.2. The summed E-state index contributed by atoms with van der Waals surface area (Å²) in [5.74, 6) is -3.27. The summed E-state index contributed by atoms with van der Waals surface area (Å²) in [6.07, 6.45) is -7.74. The number of H-pyrrole nitrogens is 1. The quantitative estimate of drug-likeness (QED) is 0.220. The van der Waals surface area contributed by atoms with Gasteiger partial charge in [0.25, 0.3) is 0 Å². The van der Waals surface area contributed by atoms with E-state index in [2.05, 4.69) is 10.3 Å². The van der Waals surface area contributed by atoms with Crippen LogP contribution in [0.1, 0.15) is 12.0 Å². The molecule has 3 rings (SSSR count). The number of hydrogen-bond donors (Lipinski definition) is 7. The predicted molar refractivity (Wildman–Crippen MR) is 106 cm³/mol. The van der Waals surface area contributed by atoms with E-state index in [0.29, 0.717) is 5.56 Å². The van der Waals surface area contributed by atoms with Crippen molar-refractivity contribution < 1.29 is 49.4 Å². The number of aromatic nitrogens is 1. The van der Waals surface area contributed by atoms with Crippen molar-refractivity contribution in [1.82, 2.24) is 10.3 Å². The zero-order chi connectivity index (χ0) is 23.4. The van der Waals surface area contributed by atoms with Gasteiger partial charge < -0.3 is 45.3 Å².